The number of pyridine rings is 1. The zero-order valence-corrected chi connectivity index (χ0v) is 20.4. The van der Waals surface area contributed by atoms with Crippen LogP contribution in [0.3, 0.4) is 0 Å². The molecule has 0 amide bonds. The van der Waals surface area contributed by atoms with Crippen LogP contribution in [0, 0.1) is 6.92 Å². The van der Waals surface area contributed by atoms with Crippen LogP contribution in [0.4, 0.5) is 0 Å². The smallest absolute Gasteiger partial charge is 0.335 e. The Morgan fingerprint density at radius 1 is 1.06 bits per heavy atom. The Morgan fingerprint density at radius 3 is 2.61 bits per heavy atom. The molecule has 0 unspecified atom stereocenters. The number of carboxylic acids is 1. The summed E-state index contributed by atoms with van der Waals surface area (Å²) in [6, 6.07) is 16.8. The fourth-order valence-electron chi connectivity index (χ4n) is 4.14. The molecule has 0 aliphatic rings. The summed E-state index contributed by atoms with van der Waals surface area (Å²) in [5.74, 6) is 0.497. The summed E-state index contributed by atoms with van der Waals surface area (Å²) in [6.45, 7) is 3.40. The summed E-state index contributed by atoms with van der Waals surface area (Å²) in [4.78, 5) is 29.8. The number of hydrogen-bond donors (Lipinski definition) is 3. The minimum absolute atomic E-state index is 0.215. The minimum atomic E-state index is -0.977. The molecular formula is C28H27N5O3. The lowest BCUT2D eigenvalue weighted by atomic mass is 9.98. The summed E-state index contributed by atoms with van der Waals surface area (Å²) in [7, 11) is 4.02. The van der Waals surface area contributed by atoms with Crippen molar-refractivity contribution in [2.75, 3.05) is 27.2 Å². The first-order valence-electron chi connectivity index (χ1n) is 11.7. The van der Waals surface area contributed by atoms with E-state index < -0.39 is 5.97 Å². The van der Waals surface area contributed by atoms with E-state index in [0.717, 1.165) is 51.3 Å². The number of likely N-dealkylation sites (N-methyl/N-ethyl adjacent to an activating group) is 1. The van der Waals surface area contributed by atoms with Gasteiger partial charge in [-0.2, -0.15) is 0 Å². The van der Waals surface area contributed by atoms with Crippen molar-refractivity contribution in [2.45, 2.75) is 6.92 Å². The number of ether oxygens (including phenoxy) is 1. The van der Waals surface area contributed by atoms with Crippen LogP contribution in [0.25, 0.3) is 44.9 Å². The number of nitrogens with zero attached hydrogens (tertiary/aromatic N) is 3. The van der Waals surface area contributed by atoms with E-state index in [0.29, 0.717) is 18.1 Å². The molecule has 36 heavy (non-hydrogen) atoms. The number of H-pyrrole nitrogens is 2. The standard InChI is InChI=1S/C28H27N5O3/c1-17-4-5-19(28(34)35)16-23(17)25-24(21-10-12-29-27-22(21)11-13-30-27)31-26(32-25)18-6-8-20(9-7-18)36-15-14-33(2)3/h4-13,16H,14-15H2,1-3H3,(H,29,30)(H,31,32)(H,34,35). The molecule has 2 aromatic carbocycles. The third-order valence-corrected chi connectivity index (χ3v) is 6.11. The van der Waals surface area contributed by atoms with Gasteiger partial charge in [0.2, 0.25) is 0 Å². The number of rotatable bonds is 8. The highest BCUT2D eigenvalue weighted by Gasteiger charge is 2.20. The zero-order valence-electron chi connectivity index (χ0n) is 20.4. The molecule has 182 valence electrons. The Hall–Kier alpha value is -4.43. The van der Waals surface area contributed by atoms with Gasteiger partial charge in [-0.3, -0.25) is 0 Å². The molecule has 3 heterocycles. The van der Waals surface area contributed by atoms with Crippen LogP contribution < -0.4 is 4.74 Å². The van der Waals surface area contributed by atoms with Gasteiger partial charge >= 0.3 is 5.97 Å². The number of fused-ring (bicyclic) bond motifs is 1. The molecular weight excluding hydrogens is 454 g/mol. The quantitative estimate of drug-likeness (QED) is 0.280. The molecule has 3 aromatic heterocycles. The molecule has 0 atom stereocenters. The van der Waals surface area contributed by atoms with Crippen LogP contribution in [0.5, 0.6) is 5.75 Å². The van der Waals surface area contributed by atoms with Crippen LogP contribution in [-0.4, -0.2) is 63.2 Å². The van der Waals surface area contributed by atoms with Crippen LogP contribution in [0.2, 0.25) is 0 Å². The number of hydrogen-bond acceptors (Lipinski definition) is 5. The van der Waals surface area contributed by atoms with E-state index in [1.165, 1.54) is 0 Å². The molecule has 0 saturated carbocycles. The molecule has 0 spiro atoms. The molecule has 5 rings (SSSR count). The lowest BCUT2D eigenvalue weighted by Crippen LogP contribution is -2.19. The highest BCUT2D eigenvalue weighted by atomic mass is 16.5. The molecule has 0 fully saturated rings. The largest absolute Gasteiger partial charge is 0.492 e. The third kappa shape index (κ3) is 4.58. The molecule has 3 N–H and O–H groups in total. The SMILES string of the molecule is Cc1ccc(C(=O)O)cc1-c1nc(-c2ccc(OCCN(C)C)cc2)[nH]c1-c1ccnc2[nH]ccc12. The van der Waals surface area contributed by atoms with E-state index in [9.17, 15) is 9.90 Å². The average molecular weight is 482 g/mol. The minimum Gasteiger partial charge on any atom is -0.492 e. The predicted molar refractivity (Wildman–Crippen MR) is 140 cm³/mol. The Morgan fingerprint density at radius 2 is 1.86 bits per heavy atom. The van der Waals surface area contributed by atoms with Crippen molar-refractivity contribution in [3.05, 3.63) is 78.1 Å². The fraction of sp³-hybridized carbons (Fsp3) is 0.179. The Kier molecular flexibility index (Phi) is 6.26. The first kappa shape index (κ1) is 23.3. The summed E-state index contributed by atoms with van der Waals surface area (Å²) >= 11 is 0. The summed E-state index contributed by atoms with van der Waals surface area (Å²) in [5, 5.41) is 10.5. The van der Waals surface area contributed by atoms with Gasteiger partial charge in [0.15, 0.2) is 0 Å². The average Bonchev–Trinajstić information content (AvgIpc) is 3.52. The topological polar surface area (TPSA) is 107 Å². The van der Waals surface area contributed by atoms with Crippen LogP contribution in [0.15, 0.2) is 67.0 Å². The molecule has 8 nitrogen and oxygen atoms in total. The third-order valence-electron chi connectivity index (χ3n) is 6.11. The number of carboxylic acid groups (broad SMARTS) is 1. The van der Waals surface area contributed by atoms with Gasteiger partial charge in [0, 0.05) is 41.0 Å². The lowest BCUT2D eigenvalue weighted by Gasteiger charge is -2.11. The van der Waals surface area contributed by atoms with E-state index in [-0.39, 0.29) is 5.56 Å². The highest BCUT2D eigenvalue weighted by molar-refractivity contribution is 5.97. The van der Waals surface area contributed by atoms with E-state index >= 15 is 0 Å². The van der Waals surface area contributed by atoms with Gasteiger partial charge in [-0.15, -0.1) is 0 Å². The van der Waals surface area contributed by atoms with Crippen molar-refractivity contribution in [1.82, 2.24) is 24.8 Å². The van der Waals surface area contributed by atoms with E-state index in [2.05, 4.69) is 19.9 Å². The second-order valence-corrected chi connectivity index (χ2v) is 8.92. The Labute approximate surface area is 208 Å². The first-order chi connectivity index (χ1) is 17.4. The maximum absolute atomic E-state index is 11.7. The molecule has 0 radical (unpaired) electrons. The van der Waals surface area contributed by atoms with E-state index in [1.807, 2.05) is 69.7 Å². The van der Waals surface area contributed by atoms with Crippen molar-refractivity contribution in [2.24, 2.45) is 0 Å². The van der Waals surface area contributed by atoms with Gasteiger partial charge < -0.3 is 24.7 Å². The first-order valence-corrected chi connectivity index (χ1v) is 11.7. The summed E-state index contributed by atoms with van der Waals surface area (Å²) in [5.41, 5.74) is 5.99. The van der Waals surface area contributed by atoms with Crippen molar-refractivity contribution in [3.63, 3.8) is 0 Å². The molecule has 0 saturated heterocycles. The van der Waals surface area contributed by atoms with E-state index in [4.69, 9.17) is 9.72 Å². The van der Waals surface area contributed by atoms with Crippen LogP contribution in [0.1, 0.15) is 15.9 Å². The monoisotopic (exact) mass is 481 g/mol. The second kappa shape index (κ2) is 9.67. The van der Waals surface area contributed by atoms with Crippen molar-refractivity contribution in [3.8, 4) is 39.7 Å². The lowest BCUT2D eigenvalue weighted by molar-refractivity contribution is 0.0697. The van der Waals surface area contributed by atoms with Crippen LogP contribution in [-0.2, 0) is 0 Å². The van der Waals surface area contributed by atoms with Crippen molar-refractivity contribution in [1.29, 1.82) is 0 Å². The summed E-state index contributed by atoms with van der Waals surface area (Å²) < 4.78 is 5.83. The van der Waals surface area contributed by atoms with Crippen molar-refractivity contribution >= 4 is 17.0 Å². The van der Waals surface area contributed by atoms with Crippen molar-refractivity contribution < 1.29 is 14.6 Å². The molecule has 0 aliphatic carbocycles. The number of aromatic carboxylic acids is 1. The Balaban J connectivity index is 1.61. The number of imidazole rings is 1. The Bertz CT molecular complexity index is 1530. The predicted octanol–water partition coefficient (Wildman–Crippen LogP) is 5.23. The zero-order chi connectivity index (χ0) is 25.2. The number of nitrogens with one attached hydrogen (secondary N) is 2. The molecule has 0 aliphatic heterocycles. The number of carbonyl (C=O) groups is 1. The number of aromatic nitrogens is 4. The van der Waals surface area contributed by atoms with E-state index in [1.54, 1.807) is 18.3 Å². The fourth-order valence-corrected chi connectivity index (χ4v) is 4.14. The molecule has 5 aromatic rings. The normalized spacial score (nSPS) is 11.3. The molecule has 0 bridgehead atoms. The number of benzene rings is 2. The number of aryl methyl sites for hydroxylation is 1. The maximum atomic E-state index is 11.7. The van der Waals surface area contributed by atoms with Gasteiger partial charge in [0.05, 0.1) is 17.0 Å². The van der Waals surface area contributed by atoms with Crippen LogP contribution >= 0.6 is 0 Å². The van der Waals surface area contributed by atoms with Gasteiger partial charge in [-0.25, -0.2) is 14.8 Å². The van der Waals surface area contributed by atoms with Gasteiger partial charge in [-0.1, -0.05) is 6.07 Å². The van der Waals surface area contributed by atoms with Gasteiger partial charge in [0.1, 0.15) is 23.8 Å². The van der Waals surface area contributed by atoms with Gasteiger partial charge in [-0.05, 0) is 75.1 Å². The second-order valence-electron chi connectivity index (χ2n) is 8.92. The summed E-state index contributed by atoms with van der Waals surface area (Å²) in [6.07, 6.45) is 3.60. The number of aromatic amines is 2. The van der Waals surface area contributed by atoms with Gasteiger partial charge in [0.25, 0.3) is 0 Å². The highest BCUT2D eigenvalue weighted by Crippen LogP contribution is 2.37. The molecule has 8 heteroatoms. The maximum Gasteiger partial charge on any atom is 0.335 e.